The number of benzene rings is 2. The zero-order valence-corrected chi connectivity index (χ0v) is 10.6. The molecular formula is C14H8FN3O3. The van der Waals surface area contributed by atoms with Gasteiger partial charge in [-0.1, -0.05) is 18.2 Å². The van der Waals surface area contributed by atoms with Gasteiger partial charge in [-0.3, -0.25) is 10.1 Å². The Morgan fingerprint density at radius 1 is 1.05 bits per heavy atom. The highest BCUT2D eigenvalue weighted by molar-refractivity contribution is 5.67. The van der Waals surface area contributed by atoms with Gasteiger partial charge in [0.15, 0.2) is 0 Å². The van der Waals surface area contributed by atoms with Crippen LogP contribution in [0.4, 0.5) is 10.1 Å². The van der Waals surface area contributed by atoms with Gasteiger partial charge in [-0.15, -0.1) is 10.2 Å². The number of nitro benzene ring substituents is 1. The van der Waals surface area contributed by atoms with Crippen molar-refractivity contribution in [1.82, 2.24) is 10.2 Å². The number of aromatic nitrogens is 2. The molecule has 0 aliphatic heterocycles. The van der Waals surface area contributed by atoms with Crippen LogP contribution in [0, 0.1) is 15.9 Å². The van der Waals surface area contributed by atoms with Crippen LogP contribution in [0.15, 0.2) is 52.9 Å². The van der Waals surface area contributed by atoms with Crippen molar-refractivity contribution in [2.24, 2.45) is 0 Å². The minimum absolute atomic E-state index is 0.0153. The summed E-state index contributed by atoms with van der Waals surface area (Å²) in [5.41, 5.74) is 0.497. The Morgan fingerprint density at radius 2 is 1.81 bits per heavy atom. The largest absolute Gasteiger partial charge is 0.416 e. The SMILES string of the molecule is O=[N+]([O-])c1ccccc1-c1nnc(-c2cccc(F)c2)o1. The van der Waals surface area contributed by atoms with E-state index >= 15 is 0 Å². The van der Waals surface area contributed by atoms with Crippen molar-refractivity contribution in [3.8, 4) is 22.9 Å². The quantitative estimate of drug-likeness (QED) is 0.543. The molecule has 3 rings (SSSR count). The molecule has 0 radical (unpaired) electrons. The van der Waals surface area contributed by atoms with Crippen LogP contribution < -0.4 is 0 Å². The minimum Gasteiger partial charge on any atom is -0.416 e. The van der Waals surface area contributed by atoms with Crippen molar-refractivity contribution in [3.63, 3.8) is 0 Å². The van der Waals surface area contributed by atoms with Gasteiger partial charge in [0.25, 0.3) is 11.6 Å². The van der Waals surface area contributed by atoms with E-state index in [-0.39, 0.29) is 23.0 Å². The van der Waals surface area contributed by atoms with Crippen LogP contribution in [0.5, 0.6) is 0 Å². The van der Waals surface area contributed by atoms with Crippen LogP contribution in [-0.4, -0.2) is 15.1 Å². The summed E-state index contributed by atoms with van der Waals surface area (Å²) in [6, 6.07) is 11.7. The highest BCUT2D eigenvalue weighted by Gasteiger charge is 2.20. The predicted molar refractivity (Wildman–Crippen MR) is 71.8 cm³/mol. The number of rotatable bonds is 3. The second-order valence-electron chi connectivity index (χ2n) is 4.20. The molecule has 104 valence electrons. The zero-order valence-electron chi connectivity index (χ0n) is 10.6. The standard InChI is InChI=1S/C14H8FN3O3/c15-10-5-3-4-9(8-10)13-16-17-14(21-13)11-6-1-2-7-12(11)18(19)20/h1-8H. The molecule has 0 saturated heterocycles. The van der Waals surface area contributed by atoms with Crippen molar-refractivity contribution in [2.45, 2.75) is 0 Å². The molecule has 21 heavy (non-hydrogen) atoms. The Labute approximate surface area is 118 Å². The zero-order chi connectivity index (χ0) is 14.8. The number of hydrogen-bond acceptors (Lipinski definition) is 5. The molecule has 1 heterocycles. The average molecular weight is 285 g/mol. The molecule has 0 N–H and O–H groups in total. The summed E-state index contributed by atoms with van der Waals surface area (Å²) in [6.45, 7) is 0. The number of para-hydroxylation sites is 1. The van der Waals surface area contributed by atoms with Crippen molar-refractivity contribution in [2.75, 3.05) is 0 Å². The van der Waals surface area contributed by atoms with Gasteiger partial charge in [0.1, 0.15) is 11.4 Å². The molecule has 0 aliphatic carbocycles. The van der Waals surface area contributed by atoms with Gasteiger partial charge in [-0.2, -0.15) is 0 Å². The highest BCUT2D eigenvalue weighted by atomic mass is 19.1. The molecule has 0 amide bonds. The summed E-state index contributed by atoms with van der Waals surface area (Å²) in [5, 5.41) is 18.6. The van der Waals surface area contributed by atoms with Gasteiger partial charge in [-0.25, -0.2) is 4.39 Å². The predicted octanol–water partition coefficient (Wildman–Crippen LogP) is 3.45. The molecule has 0 fully saturated rings. The van der Waals surface area contributed by atoms with E-state index < -0.39 is 10.7 Å². The van der Waals surface area contributed by atoms with Crippen molar-refractivity contribution < 1.29 is 13.7 Å². The summed E-state index contributed by atoms with van der Waals surface area (Å²) in [4.78, 5) is 10.5. The smallest absolute Gasteiger partial charge is 0.282 e. The molecule has 0 spiro atoms. The van der Waals surface area contributed by atoms with Crippen LogP contribution in [-0.2, 0) is 0 Å². The van der Waals surface area contributed by atoms with Gasteiger partial charge in [0.2, 0.25) is 5.89 Å². The molecule has 1 aromatic heterocycles. The maximum Gasteiger partial charge on any atom is 0.282 e. The number of nitrogens with zero attached hydrogens (tertiary/aromatic N) is 3. The lowest BCUT2D eigenvalue weighted by molar-refractivity contribution is -0.384. The van der Waals surface area contributed by atoms with E-state index in [9.17, 15) is 14.5 Å². The fourth-order valence-electron chi connectivity index (χ4n) is 1.88. The Hall–Kier alpha value is -3.09. The Balaban J connectivity index is 2.05. The summed E-state index contributed by atoms with van der Waals surface area (Å²) in [5.74, 6) is -0.317. The van der Waals surface area contributed by atoms with Crippen molar-refractivity contribution in [3.05, 3.63) is 64.5 Å². The fourth-order valence-corrected chi connectivity index (χ4v) is 1.88. The van der Waals surface area contributed by atoms with Gasteiger partial charge < -0.3 is 4.42 Å². The van der Waals surface area contributed by atoms with E-state index in [2.05, 4.69) is 10.2 Å². The summed E-state index contributed by atoms with van der Waals surface area (Å²) < 4.78 is 18.6. The number of nitro groups is 1. The van der Waals surface area contributed by atoms with Gasteiger partial charge in [0, 0.05) is 11.6 Å². The Kier molecular flexibility index (Phi) is 3.15. The first kappa shape index (κ1) is 12.9. The van der Waals surface area contributed by atoms with Gasteiger partial charge in [-0.05, 0) is 24.3 Å². The summed E-state index contributed by atoms with van der Waals surface area (Å²) >= 11 is 0. The first-order valence-electron chi connectivity index (χ1n) is 5.98. The van der Waals surface area contributed by atoms with E-state index in [1.165, 1.54) is 30.3 Å². The second kappa shape index (κ2) is 5.12. The van der Waals surface area contributed by atoms with Crippen LogP contribution in [0.1, 0.15) is 0 Å². The maximum absolute atomic E-state index is 13.2. The third-order valence-electron chi connectivity index (χ3n) is 2.83. The molecule has 7 heteroatoms. The lowest BCUT2D eigenvalue weighted by atomic mass is 10.2. The van der Waals surface area contributed by atoms with Gasteiger partial charge >= 0.3 is 0 Å². The van der Waals surface area contributed by atoms with E-state index in [0.29, 0.717) is 5.56 Å². The van der Waals surface area contributed by atoms with E-state index in [1.807, 2.05) is 0 Å². The van der Waals surface area contributed by atoms with Crippen molar-refractivity contribution in [1.29, 1.82) is 0 Å². The second-order valence-corrected chi connectivity index (χ2v) is 4.20. The maximum atomic E-state index is 13.2. The van der Waals surface area contributed by atoms with Crippen LogP contribution in [0.3, 0.4) is 0 Å². The molecule has 0 saturated carbocycles. The fraction of sp³-hybridized carbons (Fsp3) is 0. The Bertz CT molecular complexity index is 816. The molecule has 3 aromatic rings. The van der Waals surface area contributed by atoms with E-state index in [4.69, 9.17) is 4.42 Å². The first-order chi connectivity index (χ1) is 10.1. The number of hydrogen-bond donors (Lipinski definition) is 0. The first-order valence-corrected chi connectivity index (χ1v) is 5.98. The lowest BCUT2D eigenvalue weighted by Gasteiger charge is -1.97. The lowest BCUT2D eigenvalue weighted by Crippen LogP contribution is -1.91. The van der Waals surface area contributed by atoms with E-state index in [0.717, 1.165) is 0 Å². The van der Waals surface area contributed by atoms with Crippen LogP contribution in [0.2, 0.25) is 0 Å². The summed E-state index contributed by atoms with van der Waals surface area (Å²) in [6.07, 6.45) is 0. The Morgan fingerprint density at radius 3 is 2.57 bits per heavy atom. The molecule has 0 atom stereocenters. The monoisotopic (exact) mass is 285 g/mol. The molecule has 0 unspecified atom stereocenters. The summed E-state index contributed by atoms with van der Waals surface area (Å²) in [7, 11) is 0. The molecule has 2 aromatic carbocycles. The average Bonchev–Trinajstić information content (AvgIpc) is 2.97. The van der Waals surface area contributed by atoms with Crippen LogP contribution in [0.25, 0.3) is 22.9 Å². The van der Waals surface area contributed by atoms with Crippen LogP contribution >= 0.6 is 0 Å². The molecular weight excluding hydrogens is 277 g/mol. The third kappa shape index (κ3) is 2.48. The minimum atomic E-state index is -0.526. The molecule has 0 aliphatic rings. The molecule has 0 bridgehead atoms. The van der Waals surface area contributed by atoms with E-state index in [1.54, 1.807) is 18.2 Å². The third-order valence-corrected chi connectivity index (χ3v) is 2.83. The topological polar surface area (TPSA) is 82.1 Å². The van der Waals surface area contributed by atoms with Gasteiger partial charge in [0.05, 0.1) is 4.92 Å². The molecule has 6 nitrogen and oxygen atoms in total. The normalized spacial score (nSPS) is 10.5. The number of halogens is 1. The highest BCUT2D eigenvalue weighted by Crippen LogP contribution is 2.30. The van der Waals surface area contributed by atoms with Crippen molar-refractivity contribution >= 4 is 5.69 Å².